The van der Waals surface area contributed by atoms with Crippen LogP contribution < -0.4 is 4.80 Å². The third-order valence-electron chi connectivity index (χ3n) is 4.17. The number of halogens is 2. The van der Waals surface area contributed by atoms with Gasteiger partial charge in [-0.2, -0.15) is 4.99 Å². The van der Waals surface area contributed by atoms with Crippen LogP contribution in [-0.4, -0.2) is 23.1 Å². The number of thiazole rings is 1. The summed E-state index contributed by atoms with van der Waals surface area (Å²) in [5.74, 6) is -1.58. The molecule has 148 valence electrons. The van der Waals surface area contributed by atoms with E-state index >= 15 is 0 Å². The summed E-state index contributed by atoms with van der Waals surface area (Å²) in [6.07, 6.45) is 0. The molecule has 0 bridgehead atoms. The summed E-state index contributed by atoms with van der Waals surface area (Å²) in [4.78, 5) is 29.6. The van der Waals surface area contributed by atoms with Crippen molar-refractivity contribution >= 4 is 66.5 Å². The van der Waals surface area contributed by atoms with Gasteiger partial charge in [-0.3, -0.25) is 9.59 Å². The van der Waals surface area contributed by atoms with Crippen LogP contribution in [0.15, 0.2) is 47.5 Å². The number of amides is 1. The SMILES string of the molecule is CCOC(=O)Cn1c(=NC(=O)c2sc3ccccc3c2Cl)sc2cccc(F)c21. The van der Waals surface area contributed by atoms with Crippen LogP contribution in [0.5, 0.6) is 0 Å². The smallest absolute Gasteiger partial charge is 0.326 e. The third-order valence-corrected chi connectivity index (χ3v) is 6.88. The van der Waals surface area contributed by atoms with Gasteiger partial charge in [0, 0.05) is 10.1 Å². The van der Waals surface area contributed by atoms with Gasteiger partial charge in [-0.05, 0) is 25.1 Å². The van der Waals surface area contributed by atoms with Gasteiger partial charge in [0.15, 0.2) is 4.80 Å². The number of carbonyl (C=O) groups excluding carboxylic acids is 2. The summed E-state index contributed by atoms with van der Waals surface area (Å²) < 4.78 is 22.2. The zero-order valence-corrected chi connectivity index (χ0v) is 17.5. The molecule has 0 N–H and O–H groups in total. The predicted molar refractivity (Wildman–Crippen MR) is 113 cm³/mol. The first-order valence-electron chi connectivity index (χ1n) is 8.69. The molecule has 2 aromatic heterocycles. The van der Waals surface area contributed by atoms with Crippen molar-refractivity contribution in [2.75, 3.05) is 6.61 Å². The van der Waals surface area contributed by atoms with Gasteiger partial charge in [0.1, 0.15) is 17.2 Å². The molecule has 0 saturated carbocycles. The van der Waals surface area contributed by atoms with Crippen molar-refractivity contribution in [3.63, 3.8) is 0 Å². The summed E-state index contributed by atoms with van der Waals surface area (Å²) in [6.45, 7) is 1.64. The van der Waals surface area contributed by atoms with Crippen molar-refractivity contribution < 1.29 is 18.7 Å². The van der Waals surface area contributed by atoms with Crippen LogP contribution in [0, 0.1) is 5.82 Å². The Morgan fingerprint density at radius 2 is 1.90 bits per heavy atom. The lowest BCUT2D eigenvalue weighted by Crippen LogP contribution is -2.23. The molecule has 0 fully saturated rings. The molecule has 29 heavy (non-hydrogen) atoms. The van der Waals surface area contributed by atoms with Crippen LogP contribution >= 0.6 is 34.3 Å². The van der Waals surface area contributed by atoms with Crippen LogP contribution in [0.2, 0.25) is 5.02 Å². The number of para-hydroxylation sites is 1. The average Bonchev–Trinajstić information content (AvgIpc) is 3.21. The topological polar surface area (TPSA) is 60.7 Å². The van der Waals surface area contributed by atoms with Gasteiger partial charge in [0.25, 0.3) is 5.91 Å². The molecule has 0 aliphatic carbocycles. The molecule has 4 aromatic rings. The fourth-order valence-corrected chi connectivity index (χ4v) is 5.38. The Bertz CT molecular complexity index is 1320. The van der Waals surface area contributed by atoms with Crippen molar-refractivity contribution in [2.24, 2.45) is 4.99 Å². The first-order chi connectivity index (χ1) is 14.0. The van der Waals surface area contributed by atoms with Gasteiger partial charge in [-0.25, -0.2) is 4.39 Å². The van der Waals surface area contributed by atoms with Gasteiger partial charge in [0.2, 0.25) is 0 Å². The van der Waals surface area contributed by atoms with E-state index in [2.05, 4.69) is 4.99 Å². The van der Waals surface area contributed by atoms with Gasteiger partial charge in [-0.1, -0.05) is 47.2 Å². The molecule has 4 rings (SSSR count). The molecule has 0 aliphatic heterocycles. The highest BCUT2D eigenvalue weighted by molar-refractivity contribution is 7.21. The number of esters is 1. The fourth-order valence-electron chi connectivity index (χ4n) is 2.94. The highest BCUT2D eigenvalue weighted by Crippen LogP contribution is 2.35. The maximum atomic E-state index is 14.4. The second-order valence-corrected chi connectivity index (χ2v) is 8.46. The molecule has 0 atom stereocenters. The first-order valence-corrected chi connectivity index (χ1v) is 10.7. The molecular formula is C20H14ClFN2O3S2. The van der Waals surface area contributed by atoms with Gasteiger partial charge >= 0.3 is 5.97 Å². The molecule has 9 heteroatoms. The molecule has 2 aromatic carbocycles. The second-order valence-electron chi connectivity index (χ2n) is 6.02. The normalized spacial score (nSPS) is 12.0. The Morgan fingerprint density at radius 1 is 1.14 bits per heavy atom. The highest BCUT2D eigenvalue weighted by atomic mass is 35.5. The highest BCUT2D eigenvalue weighted by Gasteiger charge is 2.19. The zero-order chi connectivity index (χ0) is 20.5. The summed E-state index contributed by atoms with van der Waals surface area (Å²) in [7, 11) is 0. The van der Waals surface area contributed by atoms with Crippen LogP contribution in [0.4, 0.5) is 4.39 Å². The minimum Gasteiger partial charge on any atom is -0.465 e. The van der Waals surface area contributed by atoms with Crippen molar-refractivity contribution in [3.05, 3.63) is 63.0 Å². The van der Waals surface area contributed by atoms with E-state index in [1.807, 2.05) is 24.3 Å². The molecule has 0 aliphatic rings. The average molecular weight is 449 g/mol. The lowest BCUT2D eigenvalue weighted by Gasteiger charge is -2.05. The van der Waals surface area contributed by atoms with E-state index < -0.39 is 17.7 Å². The van der Waals surface area contributed by atoms with Crippen molar-refractivity contribution in [2.45, 2.75) is 13.5 Å². The van der Waals surface area contributed by atoms with E-state index in [0.29, 0.717) is 14.6 Å². The number of ether oxygens (including phenoxy) is 1. The lowest BCUT2D eigenvalue weighted by molar-refractivity contribution is -0.143. The third kappa shape index (κ3) is 3.71. The summed E-state index contributed by atoms with van der Waals surface area (Å²) in [5.41, 5.74) is 0.208. The monoisotopic (exact) mass is 448 g/mol. The number of carbonyl (C=O) groups is 2. The van der Waals surface area contributed by atoms with Crippen LogP contribution in [-0.2, 0) is 16.1 Å². The minimum absolute atomic E-state index is 0.201. The maximum absolute atomic E-state index is 14.4. The Hall–Kier alpha value is -2.55. The van der Waals surface area contributed by atoms with E-state index in [1.54, 1.807) is 19.1 Å². The maximum Gasteiger partial charge on any atom is 0.326 e. The van der Waals surface area contributed by atoms with Crippen LogP contribution in [0.25, 0.3) is 20.3 Å². The standard InChI is InChI=1S/C20H14ClFN2O3S2/c1-2-27-15(25)10-24-17-12(22)7-5-9-14(17)29-20(24)23-19(26)18-16(21)11-6-3-4-8-13(11)28-18/h3-9H,2,10H2,1H3. The quantitative estimate of drug-likeness (QED) is 0.412. The Labute approximate surface area is 177 Å². The number of fused-ring (bicyclic) bond motifs is 2. The van der Waals surface area contributed by atoms with E-state index in [-0.39, 0.29) is 23.5 Å². The zero-order valence-electron chi connectivity index (χ0n) is 15.1. The number of hydrogen-bond donors (Lipinski definition) is 0. The van der Waals surface area contributed by atoms with Crippen molar-refractivity contribution in [1.82, 2.24) is 4.57 Å². The number of benzene rings is 2. The molecule has 5 nitrogen and oxygen atoms in total. The van der Waals surface area contributed by atoms with E-state index in [4.69, 9.17) is 16.3 Å². The lowest BCUT2D eigenvalue weighted by atomic mass is 10.2. The predicted octanol–water partition coefficient (Wildman–Crippen LogP) is 5.01. The van der Waals surface area contributed by atoms with Crippen molar-refractivity contribution in [1.29, 1.82) is 0 Å². The first kappa shape index (κ1) is 19.8. The second kappa shape index (κ2) is 8.06. The van der Waals surface area contributed by atoms with Crippen LogP contribution in [0.1, 0.15) is 16.6 Å². The number of nitrogens with zero attached hydrogens (tertiary/aromatic N) is 2. The molecule has 0 unspecified atom stereocenters. The largest absolute Gasteiger partial charge is 0.465 e. The fraction of sp³-hybridized carbons (Fsp3) is 0.150. The molecule has 0 spiro atoms. The van der Waals surface area contributed by atoms with E-state index in [1.165, 1.54) is 22.0 Å². The molecule has 2 heterocycles. The number of aromatic nitrogens is 1. The van der Waals surface area contributed by atoms with Gasteiger partial charge < -0.3 is 9.30 Å². The summed E-state index contributed by atoms with van der Waals surface area (Å²) in [5, 5.41) is 1.11. The summed E-state index contributed by atoms with van der Waals surface area (Å²) >= 11 is 8.75. The number of rotatable bonds is 4. The number of thiophene rings is 1. The molecule has 0 saturated heterocycles. The Kier molecular flexibility index (Phi) is 5.49. The van der Waals surface area contributed by atoms with Gasteiger partial charge in [0.05, 0.1) is 21.8 Å². The number of hydrogen-bond acceptors (Lipinski definition) is 5. The Balaban J connectivity index is 1.86. The Morgan fingerprint density at radius 3 is 2.66 bits per heavy atom. The van der Waals surface area contributed by atoms with Crippen molar-refractivity contribution in [3.8, 4) is 0 Å². The van der Waals surface area contributed by atoms with E-state index in [9.17, 15) is 14.0 Å². The minimum atomic E-state index is -0.541. The van der Waals surface area contributed by atoms with Gasteiger partial charge in [-0.15, -0.1) is 11.3 Å². The molecule has 0 radical (unpaired) electrons. The summed E-state index contributed by atoms with van der Waals surface area (Å²) in [6, 6.07) is 12.0. The van der Waals surface area contributed by atoms with Crippen LogP contribution in [0.3, 0.4) is 0 Å². The van der Waals surface area contributed by atoms with E-state index in [0.717, 1.165) is 21.4 Å². The molecule has 1 amide bonds. The molecular weight excluding hydrogens is 435 g/mol.